The molecule has 0 saturated carbocycles. The van der Waals surface area contributed by atoms with E-state index >= 15 is 0 Å². The van der Waals surface area contributed by atoms with Gasteiger partial charge in [-0.05, 0) is 6.61 Å². The van der Waals surface area contributed by atoms with Crippen LogP contribution in [0, 0.1) is 18.1 Å². The molecule has 0 unspecified atom stereocenters. The van der Waals surface area contributed by atoms with Crippen molar-refractivity contribution in [2.24, 2.45) is 5.92 Å². The molecular weight excluding hydrogens is 253 g/mol. The molecule has 0 aromatic heterocycles. The van der Waals surface area contributed by atoms with Gasteiger partial charge in [-0.25, -0.2) is 5.57 Å². The third-order valence-electron chi connectivity index (χ3n) is 2.72. The van der Waals surface area contributed by atoms with Crippen LogP contribution in [-0.4, -0.2) is 17.4 Å². The summed E-state index contributed by atoms with van der Waals surface area (Å²) in [7, 11) is 0. The van der Waals surface area contributed by atoms with Crippen molar-refractivity contribution in [3.63, 3.8) is 0 Å². The van der Waals surface area contributed by atoms with Gasteiger partial charge < -0.3 is 16.2 Å². The zero-order chi connectivity index (χ0) is 13.4. The summed E-state index contributed by atoms with van der Waals surface area (Å²) in [5, 5.41) is 18.5. The van der Waals surface area contributed by atoms with Gasteiger partial charge in [-0.2, -0.15) is 41.9 Å². The van der Waals surface area contributed by atoms with Crippen molar-refractivity contribution >= 4 is 17.3 Å². The second kappa shape index (κ2) is 10.3. The number of aliphatic hydroxyl groups excluding tert-OH is 1. The van der Waals surface area contributed by atoms with E-state index in [1.54, 1.807) is 6.07 Å². The molecule has 1 aliphatic rings. The van der Waals surface area contributed by atoms with Gasteiger partial charge in [-0.3, -0.25) is 6.08 Å². The van der Waals surface area contributed by atoms with Crippen LogP contribution in [0.25, 0.3) is 5.41 Å². The minimum atomic E-state index is -0.253. The number of allylic oxidation sites excluding steroid dienone is 1. The van der Waals surface area contributed by atoms with Crippen LogP contribution in [0.15, 0.2) is 29.8 Å². The Morgan fingerprint density at radius 3 is 2.68 bits per heavy atom. The SMILES string of the molecule is C[C@H]1C[C-]=C(C(=[N-])CO)CC1.Clc1c[c-]ccc1.[Li+]. The summed E-state index contributed by atoms with van der Waals surface area (Å²) in [5.74, 6) is 0.672. The number of halogens is 1. The number of aliphatic hydroxyl groups is 1. The Hall–Kier alpha value is -0.523. The summed E-state index contributed by atoms with van der Waals surface area (Å²) in [4.78, 5) is 0. The average Bonchev–Trinajstić information content (AvgIpc) is 2.40. The maximum atomic E-state index is 9.14. The van der Waals surface area contributed by atoms with E-state index in [2.05, 4.69) is 19.1 Å². The van der Waals surface area contributed by atoms with Gasteiger partial charge in [0.15, 0.2) is 0 Å². The molecule has 1 aromatic carbocycles. The van der Waals surface area contributed by atoms with Crippen molar-refractivity contribution < 1.29 is 24.0 Å². The van der Waals surface area contributed by atoms with Crippen molar-refractivity contribution in [3.8, 4) is 0 Å². The van der Waals surface area contributed by atoms with E-state index in [9.17, 15) is 0 Å². The van der Waals surface area contributed by atoms with Gasteiger partial charge in [-0.15, -0.1) is 6.42 Å². The van der Waals surface area contributed by atoms with Crippen LogP contribution >= 0.6 is 11.6 Å². The first kappa shape index (κ1) is 18.5. The quantitative estimate of drug-likeness (QED) is 0.479. The van der Waals surface area contributed by atoms with Gasteiger partial charge >= 0.3 is 18.9 Å². The molecule has 2 rings (SSSR count). The summed E-state index contributed by atoms with van der Waals surface area (Å²) in [6.45, 7) is 1.91. The Balaban J connectivity index is 0.000000352. The van der Waals surface area contributed by atoms with Crippen molar-refractivity contribution in [2.45, 2.75) is 26.2 Å². The van der Waals surface area contributed by atoms with Crippen molar-refractivity contribution in [1.82, 2.24) is 0 Å². The minimum absolute atomic E-state index is 0. The number of hydrogen-bond donors (Lipinski definition) is 1. The molecule has 1 aromatic rings. The van der Waals surface area contributed by atoms with Crippen LogP contribution in [0.5, 0.6) is 0 Å². The predicted octanol–water partition coefficient (Wildman–Crippen LogP) is 0.683. The van der Waals surface area contributed by atoms with Gasteiger partial charge in [0.25, 0.3) is 0 Å². The van der Waals surface area contributed by atoms with Crippen LogP contribution < -0.4 is 18.9 Å². The smallest absolute Gasteiger partial charge is 0.906 e. The van der Waals surface area contributed by atoms with E-state index in [0.29, 0.717) is 5.92 Å². The number of nitrogens with zero attached hydrogens (tertiary/aromatic N) is 1. The Bertz CT molecular complexity index is 406. The average molecular weight is 270 g/mol. The largest absolute Gasteiger partial charge is 1.00 e. The fourth-order valence-corrected chi connectivity index (χ4v) is 1.73. The number of benzene rings is 1. The summed E-state index contributed by atoms with van der Waals surface area (Å²) >= 11 is 5.51. The molecule has 0 fully saturated rings. The molecule has 0 spiro atoms. The van der Waals surface area contributed by atoms with Crippen molar-refractivity contribution in [1.29, 1.82) is 0 Å². The molecule has 1 atom stereocenters. The third kappa shape index (κ3) is 7.60. The fraction of sp³-hybridized carbons (Fsp3) is 0.400. The molecule has 2 nitrogen and oxygen atoms in total. The molecule has 0 aliphatic heterocycles. The molecular formula is C15H17ClLiNO-2. The van der Waals surface area contributed by atoms with Gasteiger partial charge in [0.05, 0.1) is 0 Å². The zero-order valence-corrected chi connectivity index (χ0v) is 12.2. The predicted molar refractivity (Wildman–Crippen MR) is 75.5 cm³/mol. The Labute approximate surface area is 132 Å². The van der Waals surface area contributed by atoms with E-state index in [4.69, 9.17) is 22.1 Å². The molecule has 0 bridgehead atoms. The summed E-state index contributed by atoms with van der Waals surface area (Å²) in [6, 6.07) is 10.0. The van der Waals surface area contributed by atoms with Crippen molar-refractivity contribution in [2.75, 3.05) is 6.61 Å². The topological polar surface area (TPSA) is 42.5 Å². The normalized spacial score (nSPS) is 17.4. The minimum Gasteiger partial charge on any atom is -0.906 e. The van der Waals surface area contributed by atoms with Crippen LogP contribution in [0.3, 0.4) is 0 Å². The van der Waals surface area contributed by atoms with Gasteiger partial charge in [-0.1, -0.05) is 30.7 Å². The zero-order valence-electron chi connectivity index (χ0n) is 11.5. The molecule has 1 N–H and O–H groups in total. The molecule has 1 aliphatic carbocycles. The van der Waals surface area contributed by atoms with Gasteiger partial charge in [0.2, 0.25) is 0 Å². The Morgan fingerprint density at radius 2 is 2.32 bits per heavy atom. The summed E-state index contributed by atoms with van der Waals surface area (Å²) in [6.07, 6.45) is 5.94. The molecule has 0 radical (unpaired) electrons. The molecule has 0 saturated heterocycles. The Kier molecular flexibility index (Phi) is 10.0. The van der Waals surface area contributed by atoms with Gasteiger partial charge in [0.1, 0.15) is 0 Å². The van der Waals surface area contributed by atoms with Crippen molar-refractivity contribution in [3.05, 3.63) is 52.4 Å². The molecule has 0 heterocycles. The van der Waals surface area contributed by atoms with E-state index in [-0.39, 0.29) is 31.2 Å². The first-order chi connectivity index (χ1) is 8.63. The van der Waals surface area contributed by atoms with Gasteiger partial charge in [0, 0.05) is 0 Å². The number of rotatable bonds is 2. The molecule has 4 heteroatoms. The summed E-state index contributed by atoms with van der Waals surface area (Å²) in [5.41, 5.74) is 0.905. The second-order valence-electron chi connectivity index (χ2n) is 4.33. The first-order valence-electron chi connectivity index (χ1n) is 6.00. The van der Waals surface area contributed by atoms with Crippen LogP contribution in [0.4, 0.5) is 0 Å². The van der Waals surface area contributed by atoms with Crippen LogP contribution in [0.2, 0.25) is 5.02 Å². The third-order valence-corrected chi connectivity index (χ3v) is 2.95. The standard InChI is InChI=1S/C9H13NO.C6H4Cl.Li/c1-7-2-4-8(5-3-7)9(10)6-11;7-6-4-2-1-3-5-6;/h7,11H,2-4,6H2,1H3;1-2,4-5H;/q-2;-1;+1/t7-;;/m1../s1. The Morgan fingerprint density at radius 1 is 1.58 bits per heavy atom. The molecule has 19 heavy (non-hydrogen) atoms. The van der Waals surface area contributed by atoms with E-state index in [1.807, 2.05) is 18.2 Å². The van der Waals surface area contributed by atoms with Crippen LogP contribution in [0.1, 0.15) is 26.2 Å². The van der Waals surface area contributed by atoms with Crippen LogP contribution in [-0.2, 0) is 0 Å². The first-order valence-corrected chi connectivity index (χ1v) is 6.38. The molecule has 98 valence electrons. The van der Waals surface area contributed by atoms with E-state index in [1.165, 1.54) is 0 Å². The molecule has 0 amide bonds. The van der Waals surface area contributed by atoms with E-state index < -0.39 is 0 Å². The number of hydrogen-bond acceptors (Lipinski definition) is 1. The summed E-state index contributed by atoms with van der Waals surface area (Å²) < 4.78 is 0. The van der Waals surface area contributed by atoms with E-state index in [0.717, 1.165) is 29.9 Å². The maximum absolute atomic E-state index is 9.14. The fourth-order valence-electron chi connectivity index (χ4n) is 1.59. The second-order valence-corrected chi connectivity index (χ2v) is 4.77. The monoisotopic (exact) mass is 269 g/mol. The maximum Gasteiger partial charge on any atom is 1.00 e.